The maximum Gasteiger partial charge on any atom is 0.264 e. The summed E-state index contributed by atoms with van der Waals surface area (Å²) in [5.74, 6) is -1.75. The number of para-hydroxylation sites is 3. The molecule has 0 fully saturated rings. The van der Waals surface area contributed by atoms with Crippen LogP contribution in [0.4, 0.5) is 5.69 Å². The molecule has 0 bridgehead atoms. The summed E-state index contributed by atoms with van der Waals surface area (Å²) in [4.78, 5) is 20.4. The minimum atomic E-state index is -3.97. The molecule has 0 saturated carbocycles. The molecule has 3 aromatic carbocycles. The second-order valence-electron chi connectivity index (χ2n) is 7.02. The van der Waals surface area contributed by atoms with E-state index in [1.807, 2.05) is 12.1 Å². The number of imidazole rings is 1. The van der Waals surface area contributed by atoms with Crippen LogP contribution in [0.2, 0.25) is 5.02 Å². The van der Waals surface area contributed by atoms with E-state index in [0.29, 0.717) is 16.7 Å². The second kappa shape index (κ2) is 8.46. The summed E-state index contributed by atoms with van der Waals surface area (Å²) >= 11 is 6.24. The van der Waals surface area contributed by atoms with Crippen LogP contribution in [-0.4, -0.2) is 31.2 Å². The molecule has 1 aromatic heterocycles. The molecule has 32 heavy (non-hydrogen) atoms. The first-order valence-electron chi connectivity index (χ1n) is 9.55. The van der Waals surface area contributed by atoms with E-state index >= 15 is 0 Å². The quantitative estimate of drug-likeness (QED) is 0.422. The van der Waals surface area contributed by atoms with Gasteiger partial charge in [-0.25, -0.2) is 13.4 Å². The van der Waals surface area contributed by atoms with Crippen LogP contribution in [0.15, 0.2) is 77.7 Å². The summed E-state index contributed by atoms with van der Waals surface area (Å²) < 4.78 is 27.4. The smallest absolute Gasteiger partial charge is 0.264 e. The van der Waals surface area contributed by atoms with Gasteiger partial charge in [0.1, 0.15) is 5.82 Å². The van der Waals surface area contributed by atoms with E-state index in [-0.39, 0.29) is 21.3 Å². The Kier molecular flexibility index (Phi) is 5.70. The van der Waals surface area contributed by atoms with Gasteiger partial charge in [0.05, 0.1) is 32.7 Å². The average molecular weight is 465 g/mol. The van der Waals surface area contributed by atoms with Gasteiger partial charge in [-0.3, -0.25) is 9.10 Å². The number of hydrogen-bond donors (Lipinski definition) is 1. The Morgan fingerprint density at radius 2 is 1.78 bits per heavy atom. The number of ketones is 1. The van der Waals surface area contributed by atoms with Crippen molar-refractivity contribution in [3.05, 3.63) is 89.2 Å². The van der Waals surface area contributed by atoms with E-state index in [9.17, 15) is 18.5 Å². The van der Waals surface area contributed by atoms with E-state index in [4.69, 9.17) is 11.6 Å². The number of carbonyl (C=O) groups excluding carboxylic acids is 1. The molecule has 0 aliphatic rings. The number of anilines is 1. The molecular weight excluding hydrogens is 448 g/mol. The van der Waals surface area contributed by atoms with Crippen molar-refractivity contribution in [2.75, 3.05) is 11.4 Å². The van der Waals surface area contributed by atoms with Crippen molar-refractivity contribution in [1.29, 1.82) is 5.26 Å². The lowest BCUT2D eigenvalue weighted by atomic mass is 9.98. The number of sulfonamides is 1. The van der Waals surface area contributed by atoms with E-state index in [1.165, 1.54) is 25.2 Å². The van der Waals surface area contributed by atoms with Gasteiger partial charge in [0.15, 0.2) is 11.7 Å². The predicted molar refractivity (Wildman–Crippen MR) is 122 cm³/mol. The largest absolute Gasteiger partial charge is 0.340 e. The van der Waals surface area contributed by atoms with Crippen LogP contribution in [-0.2, 0) is 10.0 Å². The summed E-state index contributed by atoms with van der Waals surface area (Å²) in [6.07, 6.45) is 0. The minimum Gasteiger partial charge on any atom is -0.340 e. The molecule has 1 atom stereocenters. The average Bonchev–Trinajstić information content (AvgIpc) is 3.23. The number of nitrogens with one attached hydrogen (secondary N) is 1. The van der Waals surface area contributed by atoms with Crippen LogP contribution in [0.25, 0.3) is 11.0 Å². The number of carbonyl (C=O) groups is 1. The molecule has 0 spiro atoms. The molecule has 9 heteroatoms. The van der Waals surface area contributed by atoms with Gasteiger partial charge in [-0.1, -0.05) is 41.9 Å². The van der Waals surface area contributed by atoms with E-state index < -0.39 is 21.7 Å². The van der Waals surface area contributed by atoms with Crippen molar-refractivity contribution in [2.24, 2.45) is 0 Å². The number of hydrogen-bond acceptors (Lipinski definition) is 5. The fourth-order valence-electron chi connectivity index (χ4n) is 3.30. The number of H-pyrrole nitrogens is 1. The maximum absolute atomic E-state index is 13.2. The van der Waals surface area contributed by atoms with Crippen LogP contribution < -0.4 is 4.31 Å². The lowest BCUT2D eigenvalue weighted by Gasteiger charge is -2.20. The van der Waals surface area contributed by atoms with Gasteiger partial charge in [-0.2, -0.15) is 5.26 Å². The summed E-state index contributed by atoms with van der Waals surface area (Å²) in [6, 6.07) is 21.5. The summed E-state index contributed by atoms with van der Waals surface area (Å²) in [6.45, 7) is 0. The van der Waals surface area contributed by atoms with E-state index in [1.54, 1.807) is 48.5 Å². The molecule has 0 radical (unpaired) electrons. The number of benzene rings is 3. The van der Waals surface area contributed by atoms with Crippen molar-refractivity contribution in [3.8, 4) is 6.07 Å². The first kappa shape index (κ1) is 21.6. The normalized spacial score (nSPS) is 12.3. The first-order valence-corrected chi connectivity index (χ1v) is 11.4. The zero-order valence-electron chi connectivity index (χ0n) is 16.9. The number of nitriles is 1. The van der Waals surface area contributed by atoms with Gasteiger partial charge in [0, 0.05) is 12.6 Å². The fourth-order valence-corrected chi connectivity index (χ4v) is 4.73. The Morgan fingerprint density at radius 3 is 2.47 bits per heavy atom. The predicted octanol–water partition coefficient (Wildman–Crippen LogP) is 4.53. The molecule has 0 aliphatic carbocycles. The summed E-state index contributed by atoms with van der Waals surface area (Å²) in [5, 5.41) is 9.74. The van der Waals surface area contributed by atoms with Crippen LogP contribution in [0.5, 0.6) is 0 Å². The second-order valence-corrected chi connectivity index (χ2v) is 9.39. The highest BCUT2D eigenvalue weighted by Crippen LogP contribution is 2.29. The number of halogens is 1. The molecule has 1 unspecified atom stereocenters. The SMILES string of the molecule is CN(c1ccccc1)S(=O)(=O)c1ccc(Cl)c(C(=O)C(C#N)c2nc3ccccc3[nH]2)c1. The monoisotopic (exact) mass is 464 g/mol. The van der Waals surface area contributed by atoms with Crippen LogP contribution in [0, 0.1) is 11.3 Å². The maximum atomic E-state index is 13.2. The third-order valence-electron chi connectivity index (χ3n) is 5.05. The summed E-state index contributed by atoms with van der Waals surface area (Å²) in [7, 11) is -2.54. The Bertz CT molecular complexity index is 1430. The van der Waals surface area contributed by atoms with Gasteiger partial charge in [-0.15, -0.1) is 0 Å². The van der Waals surface area contributed by atoms with Gasteiger partial charge in [0.2, 0.25) is 0 Å². The van der Waals surface area contributed by atoms with E-state index in [2.05, 4.69) is 9.97 Å². The highest BCUT2D eigenvalue weighted by atomic mass is 35.5. The van der Waals surface area contributed by atoms with Crippen molar-refractivity contribution in [2.45, 2.75) is 10.8 Å². The highest BCUT2D eigenvalue weighted by molar-refractivity contribution is 7.92. The lowest BCUT2D eigenvalue weighted by molar-refractivity contribution is 0.0976. The highest BCUT2D eigenvalue weighted by Gasteiger charge is 2.29. The lowest BCUT2D eigenvalue weighted by Crippen LogP contribution is -2.26. The van der Waals surface area contributed by atoms with Crippen molar-refractivity contribution >= 4 is 44.1 Å². The molecule has 0 amide bonds. The number of Topliss-reactive ketones (excluding diaryl/α,β-unsaturated/α-hetero) is 1. The molecule has 0 saturated heterocycles. The van der Waals surface area contributed by atoms with Crippen LogP contribution >= 0.6 is 11.6 Å². The number of fused-ring (bicyclic) bond motifs is 1. The van der Waals surface area contributed by atoms with Gasteiger partial charge in [0.25, 0.3) is 10.0 Å². The molecule has 7 nitrogen and oxygen atoms in total. The molecule has 1 heterocycles. The number of rotatable bonds is 6. The minimum absolute atomic E-state index is 0.0488. The zero-order chi connectivity index (χ0) is 22.9. The molecule has 4 rings (SSSR count). The Morgan fingerprint density at radius 1 is 1.09 bits per heavy atom. The Hall–Kier alpha value is -3.67. The van der Waals surface area contributed by atoms with Gasteiger partial charge in [-0.05, 0) is 42.5 Å². The van der Waals surface area contributed by atoms with Gasteiger partial charge < -0.3 is 4.98 Å². The van der Waals surface area contributed by atoms with Crippen LogP contribution in [0.3, 0.4) is 0 Å². The number of nitrogens with zero attached hydrogens (tertiary/aromatic N) is 3. The molecule has 4 aromatic rings. The van der Waals surface area contributed by atoms with Crippen molar-refractivity contribution < 1.29 is 13.2 Å². The molecular formula is C23H17ClN4O3S. The standard InChI is InChI=1S/C23H17ClN4O3S/c1-28(15-7-3-2-4-8-15)32(30,31)16-11-12-19(24)17(13-16)22(29)18(14-25)23-26-20-9-5-6-10-21(20)27-23/h2-13,18H,1H3,(H,26,27). The zero-order valence-corrected chi connectivity index (χ0v) is 18.4. The number of aromatic amines is 1. The molecule has 160 valence electrons. The molecule has 0 aliphatic heterocycles. The fraction of sp³-hybridized carbons (Fsp3) is 0.0870. The Labute approximate surface area is 189 Å². The topological polar surface area (TPSA) is 107 Å². The summed E-state index contributed by atoms with van der Waals surface area (Å²) in [5.41, 5.74) is 1.69. The molecule has 1 N–H and O–H groups in total. The third-order valence-corrected chi connectivity index (χ3v) is 7.17. The van der Waals surface area contributed by atoms with Gasteiger partial charge >= 0.3 is 0 Å². The third kappa shape index (κ3) is 3.84. The Balaban J connectivity index is 1.73. The first-order chi connectivity index (χ1) is 15.3. The van der Waals surface area contributed by atoms with Crippen molar-refractivity contribution in [1.82, 2.24) is 9.97 Å². The van der Waals surface area contributed by atoms with Crippen LogP contribution in [0.1, 0.15) is 22.1 Å². The number of aromatic nitrogens is 2. The van der Waals surface area contributed by atoms with Crippen molar-refractivity contribution in [3.63, 3.8) is 0 Å². The van der Waals surface area contributed by atoms with E-state index in [0.717, 1.165) is 4.31 Å².